The Kier molecular flexibility index (Phi) is 6.48. The molecule has 1 heterocycles. The molecule has 0 radical (unpaired) electrons. The number of aromatic nitrogens is 3. The topological polar surface area (TPSA) is 103 Å². The molecule has 0 fully saturated rings. The zero-order valence-corrected chi connectivity index (χ0v) is 17.5. The van der Waals surface area contributed by atoms with Gasteiger partial charge in [-0.15, -0.1) is 10.2 Å². The molecule has 0 saturated carbocycles. The Balaban J connectivity index is 1.78. The van der Waals surface area contributed by atoms with Crippen LogP contribution in [0.1, 0.15) is 22.8 Å². The van der Waals surface area contributed by atoms with Crippen molar-refractivity contribution in [2.75, 3.05) is 5.32 Å². The van der Waals surface area contributed by atoms with Gasteiger partial charge in [0.05, 0.1) is 0 Å². The molecule has 28 heavy (non-hydrogen) atoms. The van der Waals surface area contributed by atoms with Crippen molar-refractivity contribution >= 4 is 45.1 Å². The van der Waals surface area contributed by atoms with Gasteiger partial charge in [-0.05, 0) is 48.9 Å². The Bertz CT molecular complexity index is 1040. The van der Waals surface area contributed by atoms with Crippen molar-refractivity contribution < 1.29 is 4.79 Å². The van der Waals surface area contributed by atoms with Crippen LogP contribution in [0.15, 0.2) is 63.0 Å². The molecule has 0 bridgehead atoms. The standard InChI is InChI=1S/C19H18BrN5O2S/c1-2-25-18(27)17(22-15-9-5-13(6-10-15)16(21)26)23-24-19(25)28-11-12-3-7-14(20)8-4-12/h3-10H,2,11H2,1H3,(H2,21,26)(H,22,23). The largest absolute Gasteiger partial charge is 0.366 e. The van der Waals surface area contributed by atoms with Crippen LogP contribution in [0.3, 0.4) is 0 Å². The number of hydrogen-bond donors (Lipinski definition) is 2. The Labute approximate surface area is 174 Å². The number of anilines is 2. The predicted octanol–water partition coefficient (Wildman–Crippen LogP) is 3.56. The summed E-state index contributed by atoms with van der Waals surface area (Å²) in [6.45, 7) is 2.37. The van der Waals surface area contributed by atoms with Gasteiger partial charge in [-0.25, -0.2) is 0 Å². The number of thioether (sulfide) groups is 1. The summed E-state index contributed by atoms with van der Waals surface area (Å²) in [4.78, 5) is 23.9. The smallest absolute Gasteiger partial charge is 0.297 e. The van der Waals surface area contributed by atoms with Crippen LogP contribution < -0.4 is 16.6 Å². The minimum atomic E-state index is -0.508. The van der Waals surface area contributed by atoms with E-state index in [-0.39, 0.29) is 11.4 Å². The van der Waals surface area contributed by atoms with E-state index in [9.17, 15) is 9.59 Å². The highest BCUT2D eigenvalue weighted by atomic mass is 79.9. The lowest BCUT2D eigenvalue weighted by Crippen LogP contribution is -2.26. The number of hydrogen-bond acceptors (Lipinski definition) is 6. The van der Waals surface area contributed by atoms with Crippen LogP contribution in [0, 0.1) is 0 Å². The van der Waals surface area contributed by atoms with Crippen LogP contribution in [0.4, 0.5) is 11.5 Å². The lowest BCUT2D eigenvalue weighted by Gasteiger charge is -2.11. The molecule has 144 valence electrons. The number of rotatable bonds is 7. The summed E-state index contributed by atoms with van der Waals surface area (Å²) >= 11 is 4.88. The summed E-state index contributed by atoms with van der Waals surface area (Å²) in [6.07, 6.45) is 0. The molecule has 0 saturated heterocycles. The second-order valence-corrected chi connectivity index (χ2v) is 7.72. The second-order valence-electron chi connectivity index (χ2n) is 5.86. The third kappa shape index (κ3) is 4.79. The van der Waals surface area contributed by atoms with Crippen LogP contribution >= 0.6 is 27.7 Å². The first kappa shape index (κ1) is 20.1. The van der Waals surface area contributed by atoms with Gasteiger partial charge in [0.1, 0.15) is 0 Å². The summed E-state index contributed by atoms with van der Waals surface area (Å²) in [7, 11) is 0. The number of halogens is 1. The molecular formula is C19H18BrN5O2S. The normalized spacial score (nSPS) is 10.6. The van der Waals surface area contributed by atoms with Crippen LogP contribution in [-0.2, 0) is 12.3 Å². The molecule has 9 heteroatoms. The summed E-state index contributed by atoms with van der Waals surface area (Å²) in [6, 6.07) is 14.5. The highest BCUT2D eigenvalue weighted by Crippen LogP contribution is 2.22. The van der Waals surface area contributed by atoms with Crippen molar-refractivity contribution in [2.45, 2.75) is 24.4 Å². The number of carbonyl (C=O) groups excluding carboxylic acids is 1. The van der Waals surface area contributed by atoms with E-state index in [1.54, 1.807) is 28.8 Å². The number of nitrogens with zero attached hydrogens (tertiary/aromatic N) is 3. The Hall–Kier alpha value is -2.65. The lowest BCUT2D eigenvalue weighted by atomic mass is 10.2. The molecule has 0 atom stereocenters. The van der Waals surface area contributed by atoms with Gasteiger partial charge < -0.3 is 11.1 Å². The molecule has 0 unspecified atom stereocenters. The molecule has 0 spiro atoms. The van der Waals surface area contributed by atoms with Crippen molar-refractivity contribution in [1.82, 2.24) is 14.8 Å². The molecule has 7 nitrogen and oxygen atoms in total. The quantitative estimate of drug-likeness (QED) is 0.523. The first-order valence-electron chi connectivity index (χ1n) is 8.49. The molecule has 1 aromatic heterocycles. The number of primary amides is 1. The van der Waals surface area contributed by atoms with Gasteiger partial charge in [-0.1, -0.05) is 39.8 Å². The number of amides is 1. The fourth-order valence-electron chi connectivity index (χ4n) is 2.45. The predicted molar refractivity (Wildman–Crippen MR) is 114 cm³/mol. The Morgan fingerprint density at radius 1 is 1.14 bits per heavy atom. The molecule has 0 aliphatic carbocycles. The third-order valence-electron chi connectivity index (χ3n) is 3.94. The number of benzene rings is 2. The van der Waals surface area contributed by atoms with Gasteiger partial charge in [0, 0.05) is 28.0 Å². The molecule has 3 rings (SSSR count). The van der Waals surface area contributed by atoms with Crippen LogP contribution in [0.5, 0.6) is 0 Å². The van der Waals surface area contributed by atoms with Crippen molar-refractivity contribution in [3.8, 4) is 0 Å². The molecular weight excluding hydrogens is 442 g/mol. The van der Waals surface area contributed by atoms with Gasteiger partial charge in [0.15, 0.2) is 5.16 Å². The first-order valence-corrected chi connectivity index (χ1v) is 10.3. The van der Waals surface area contributed by atoms with E-state index in [2.05, 4.69) is 31.4 Å². The number of nitrogens with two attached hydrogens (primary N) is 1. The van der Waals surface area contributed by atoms with E-state index in [0.717, 1.165) is 10.0 Å². The molecule has 1 amide bonds. The average molecular weight is 460 g/mol. The molecule has 3 N–H and O–H groups in total. The molecule has 2 aromatic carbocycles. The molecule has 3 aromatic rings. The fraction of sp³-hybridized carbons (Fsp3) is 0.158. The fourth-order valence-corrected chi connectivity index (χ4v) is 3.67. The summed E-state index contributed by atoms with van der Waals surface area (Å²) in [5, 5.41) is 11.8. The minimum Gasteiger partial charge on any atom is -0.366 e. The van der Waals surface area contributed by atoms with E-state index in [4.69, 9.17) is 5.73 Å². The van der Waals surface area contributed by atoms with Gasteiger partial charge in [0.25, 0.3) is 5.56 Å². The summed E-state index contributed by atoms with van der Waals surface area (Å²) in [5.41, 5.74) is 7.12. The lowest BCUT2D eigenvalue weighted by molar-refractivity contribution is 0.100. The van der Waals surface area contributed by atoms with Gasteiger partial charge in [-0.2, -0.15) is 0 Å². The monoisotopic (exact) mass is 459 g/mol. The van der Waals surface area contributed by atoms with E-state index in [1.165, 1.54) is 11.8 Å². The van der Waals surface area contributed by atoms with Crippen LogP contribution in [0.2, 0.25) is 0 Å². The van der Waals surface area contributed by atoms with E-state index < -0.39 is 5.91 Å². The SMILES string of the molecule is CCn1c(SCc2ccc(Br)cc2)nnc(Nc2ccc(C(N)=O)cc2)c1=O. The highest BCUT2D eigenvalue weighted by molar-refractivity contribution is 9.10. The maximum Gasteiger partial charge on any atom is 0.297 e. The zero-order valence-electron chi connectivity index (χ0n) is 15.1. The highest BCUT2D eigenvalue weighted by Gasteiger charge is 2.12. The molecule has 0 aliphatic rings. The van der Waals surface area contributed by atoms with Gasteiger partial charge >= 0.3 is 0 Å². The van der Waals surface area contributed by atoms with Crippen molar-refractivity contribution in [2.24, 2.45) is 5.73 Å². The van der Waals surface area contributed by atoms with Crippen molar-refractivity contribution in [1.29, 1.82) is 0 Å². The minimum absolute atomic E-state index is 0.127. The van der Waals surface area contributed by atoms with E-state index >= 15 is 0 Å². The summed E-state index contributed by atoms with van der Waals surface area (Å²) < 4.78 is 2.60. The van der Waals surface area contributed by atoms with Crippen LogP contribution in [-0.4, -0.2) is 20.7 Å². The van der Waals surface area contributed by atoms with E-state index in [1.807, 2.05) is 31.2 Å². The Morgan fingerprint density at radius 2 is 1.82 bits per heavy atom. The van der Waals surface area contributed by atoms with Gasteiger partial charge in [-0.3, -0.25) is 14.2 Å². The van der Waals surface area contributed by atoms with Crippen molar-refractivity contribution in [3.63, 3.8) is 0 Å². The van der Waals surface area contributed by atoms with Crippen LogP contribution in [0.25, 0.3) is 0 Å². The number of nitrogens with one attached hydrogen (secondary N) is 1. The van der Waals surface area contributed by atoms with E-state index in [0.29, 0.717) is 28.7 Å². The second kappa shape index (κ2) is 9.03. The molecule has 0 aliphatic heterocycles. The zero-order chi connectivity index (χ0) is 20.1. The summed E-state index contributed by atoms with van der Waals surface area (Å²) in [5.74, 6) is 0.302. The van der Waals surface area contributed by atoms with Gasteiger partial charge in [0.2, 0.25) is 11.7 Å². The Morgan fingerprint density at radius 3 is 2.43 bits per heavy atom. The maximum atomic E-state index is 12.8. The first-order chi connectivity index (χ1) is 13.5. The third-order valence-corrected chi connectivity index (χ3v) is 5.51. The number of carbonyl (C=O) groups is 1. The average Bonchev–Trinajstić information content (AvgIpc) is 2.70. The maximum absolute atomic E-state index is 12.8. The van der Waals surface area contributed by atoms with Crippen molar-refractivity contribution in [3.05, 3.63) is 74.5 Å².